The third-order valence-electron chi connectivity index (χ3n) is 3.30. The molecule has 0 bridgehead atoms. The lowest BCUT2D eigenvalue weighted by atomic mass is 10.1. The highest BCUT2D eigenvalue weighted by Gasteiger charge is 2.48. The number of nitrogens with one attached hydrogen (secondary N) is 1. The normalized spacial score (nSPS) is 16.9. The van der Waals surface area contributed by atoms with Gasteiger partial charge >= 0.3 is 0 Å². The molecule has 0 unspecified atom stereocenters. The summed E-state index contributed by atoms with van der Waals surface area (Å²) in [5.41, 5.74) is 7.72. The summed E-state index contributed by atoms with van der Waals surface area (Å²) in [7, 11) is 0. The predicted octanol–water partition coefficient (Wildman–Crippen LogP) is 1.35. The summed E-state index contributed by atoms with van der Waals surface area (Å²) in [4.78, 5) is 11.8. The molecule has 1 saturated carbocycles. The first-order valence-electron chi connectivity index (χ1n) is 5.70. The summed E-state index contributed by atoms with van der Waals surface area (Å²) in [5, 5.41) is 2.95. The van der Waals surface area contributed by atoms with E-state index in [9.17, 15) is 4.79 Å². The molecule has 3 nitrogen and oxygen atoms in total. The molecule has 0 aromatic heterocycles. The Morgan fingerprint density at radius 1 is 1.38 bits per heavy atom. The van der Waals surface area contributed by atoms with Gasteiger partial charge in [0.2, 0.25) is 5.91 Å². The molecule has 0 saturated heterocycles. The summed E-state index contributed by atoms with van der Waals surface area (Å²) in [5.74, 6) is 0.107. The molecule has 0 radical (unpaired) electrons. The van der Waals surface area contributed by atoms with Crippen molar-refractivity contribution < 1.29 is 4.79 Å². The van der Waals surface area contributed by atoms with Crippen LogP contribution in [0.25, 0.3) is 0 Å². The highest BCUT2D eigenvalue weighted by atomic mass is 16.2. The Bertz CT molecular complexity index is 379. The van der Waals surface area contributed by atoms with Crippen LogP contribution in [0.1, 0.15) is 24.0 Å². The second kappa shape index (κ2) is 4.26. The Morgan fingerprint density at radius 2 is 2.00 bits per heavy atom. The Hall–Kier alpha value is -1.35. The maximum Gasteiger partial charge on any atom is 0.227 e. The van der Waals surface area contributed by atoms with Crippen LogP contribution >= 0.6 is 0 Å². The molecule has 86 valence electrons. The molecule has 1 fully saturated rings. The van der Waals surface area contributed by atoms with Crippen molar-refractivity contribution in [2.75, 3.05) is 6.54 Å². The van der Waals surface area contributed by atoms with Crippen LogP contribution in [-0.2, 0) is 11.3 Å². The second-order valence-corrected chi connectivity index (χ2v) is 4.65. The number of aryl methyl sites for hydroxylation is 1. The van der Waals surface area contributed by atoms with E-state index in [1.807, 2.05) is 12.1 Å². The molecule has 1 aliphatic carbocycles. The Labute approximate surface area is 96.0 Å². The van der Waals surface area contributed by atoms with E-state index in [1.54, 1.807) is 0 Å². The molecule has 16 heavy (non-hydrogen) atoms. The molecule has 1 aromatic rings. The van der Waals surface area contributed by atoms with Crippen molar-refractivity contribution in [3.8, 4) is 0 Å². The average molecular weight is 218 g/mol. The van der Waals surface area contributed by atoms with Gasteiger partial charge in [-0.25, -0.2) is 0 Å². The zero-order valence-corrected chi connectivity index (χ0v) is 9.62. The summed E-state index contributed by atoms with van der Waals surface area (Å²) in [6, 6.07) is 8.18. The highest BCUT2D eigenvalue weighted by molar-refractivity contribution is 5.85. The molecule has 0 spiro atoms. The fraction of sp³-hybridized carbons (Fsp3) is 0.462. The first kappa shape index (κ1) is 11.1. The van der Waals surface area contributed by atoms with Crippen molar-refractivity contribution in [2.45, 2.75) is 26.3 Å². The van der Waals surface area contributed by atoms with E-state index in [2.05, 4.69) is 24.4 Å². The van der Waals surface area contributed by atoms with Crippen LogP contribution in [0.4, 0.5) is 0 Å². The Morgan fingerprint density at radius 3 is 2.50 bits per heavy atom. The third kappa shape index (κ3) is 2.25. The minimum atomic E-state index is -0.245. The highest BCUT2D eigenvalue weighted by Crippen LogP contribution is 2.44. The SMILES string of the molecule is Cc1ccc(CNC(=O)C2(CN)CC2)cc1. The van der Waals surface area contributed by atoms with Crippen LogP contribution < -0.4 is 11.1 Å². The minimum Gasteiger partial charge on any atom is -0.352 e. The van der Waals surface area contributed by atoms with E-state index in [4.69, 9.17) is 5.73 Å². The fourth-order valence-corrected chi connectivity index (χ4v) is 1.75. The summed E-state index contributed by atoms with van der Waals surface area (Å²) in [6.07, 6.45) is 1.87. The number of hydrogen-bond acceptors (Lipinski definition) is 2. The number of nitrogens with two attached hydrogens (primary N) is 1. The van der Waals surface area contributed by atoms with Gasteiger partial charge in [0.05, 0.1) is 5.41 Å². The standard InChI is InChI=1S/C13H18N2O/c1-10-2-4-11(5-3-10)8-15-12(16)13(9-14)6-7-13/h2-5H,6-9,14H2,1H3,(H,15,16). The van der Waals surface area contributed by atoms with Crippen molar-refractivity contribution in [3.05, 3.63) is 35.4 Å². The van der Waals surface area contributed by atoms with Crippen LogP contribution in [0.2, 0.25) is 0 Å². The number of amides is 1. The number of rotatable bonds is 4. The molecular weight excluding hydrogens is 200 g/mol. The van der Waals surface area contributed by atoms with Gasteiger partial charge < -0.3 is 11.1 Å². The van der Waals surface area contributed by atoms with E-state index in [1.165, 1.54) is 5.56 Å². The third-order valence-corrected chi connectivity index (χ3v) is 3.30. The molecule has 1 aliphatic rings. The van der Waals surface area contributed by atoms with Gasteiger partial charge in [-0.2, -0.15) is 0 Å². The summed E-state index contributed by atoms with van der Waals surface area (Å²) < 4.78 is 0. The lowest BCUT2D eigenvalue weighted by molar-refractivity contribution is -0.126. The van der Waals surface area contributed by atoms with Gasteiger partial charge in [0.25, 0.3) is 0 Å². The lowest BCUT2D eigenvalue weighted by Crippen LogP contribution is -2.36. The van der Waals surface area contributed by atoms with E-state index in [0.29, 0.717) is 13.1 Å². The molecule has 1 amide bonds. The van der Waals surface area contributed by atoms with E-state index >= 15 is 0 Å². The first-order chi connectivity index (χ1) is 7.66. The molecule has 0 aliphatic heterocycles. The maximum absolute atomic E-state index is 11.8. The minimum absolute atomic E-state index is 0.107. The van der Waals surface area contributed by atoms with Gasteiger partial charge in [-0.15, -0.1) is 0 Å². The van der Waals surface area contributed by atoms with Gasteiger partial charge in [-0.05, 0) is 25.3 Å². The van der Waals surface area contributed by atoms with E-state index < -0.39 is 0 Å². The van der Waals surface area contributed by atoms with Crippen LogP contribution in [0.5, 0.6) is 0 Å². The fourth-order valence-electron chi connectivity index (χ4n) is 1.75. The van der Waals surface area contributed by atoms with Crippen molar-refractivity contribution in [1.29, 1.82) is 0 Å². The zero-order chi connectivity index (χ0) is 11.6. The molecule has 3 N–H and O–H groups in total. The molecule has 2 rings (SSSR count). The number of carbonyl (C=O) groups is 1. The molecule has 0 atom stereocenters. The van der Waals surface area contributed by atoms with Crippen molar-refractivity contribution in [2.24, 2.45) is 11.1 Å². The zero-order valence-electron chi connectivity index (χ0n) is 9.62. The van der Waals surface area contributed by atoms with Crippen molar-refractivity contribution in [3.63, 3.8) is 0 Å². The second-order valence-electron chi connectivity index (χ2n) is 4.65. The maximum atomic E-state index is 11.8. The topological polar surface area (TPSA) is 55.1 Å². The Kier molecular flexibility index (Phi) is 2.97. The average Bonchev–Trinajstić information content (AvgIpc) is 3.09. The van der Waals surface area contributed by atoms with Gasteiger partial charge in [0, 0.05) is 13.1 Å². The Balaban J connectivity index is 1.88. The van der Waals surface area contributed by atoms with E-state index in [0.717, 1.165) is 18.4 Å². The quantitative estimate of drug-likeness (QED) is 0.801. The van der Waals surface area contributed by atoms with Crippen molar-refractivity contribution in [1.82, 2.24) is 5.32 Å². The summed E-state index contributed by atoms with van der Waals surface area (Å²) in [6.45, 7) is 3.11. The van der Waals surface area contributed by atoms with Crippen LogP contribution in [-0.4, -0.2) is 12.5 Å². The van der Waals surface area contributed by atoms with Gasteiger partial charge in [-0.1, -0.05) is 29.8 Å². The van der Waals surface area contributed by atoms with Crippen LogP contribution in [0.15, 0.2) is 24.3 Å². The molecular formula is C13H18N2O. The number of hydrogen-bond donors (Lipinski definition) is 2. The molecule has 0 heterocycles. The van der Waals surface area contributed by atoms with Gasteiger partial charge in [-0.3, -0.25) is 4.79 Å². The molecule has 3 heteroatoms. The number of benzene rings is 1. The molecule has 1 aromatic carbocycles. The van der Waals surface area contributed by atoms with Crippen molar-refractivity contribution >= 4 is 5.91 Å². The smallest absolute Gasteiger partial charge is 0.227 e. The predicted molar refractivity (Wildman–Crippen MR) is 63.7 cm³/mol. The summed E-state index contributed by atoms with van der Waals surface area (Å²) >= 11 is 0. The van der Waals surface area contributed by atoms with Crippen LogP contribution in [0.3, 0.4) is 0 Å². The largest absolute Gasteiger partial charge is 0.352 e. The van der Waals surface area contributed by atoms with Gasteiger partial charge in [0.1, 0.15) is 0 Å². The van der Waals surface area contributed by atoms with E-state index in [-0.39, 0.29) is 11.3 Å². The lowest BCUT2D eigenvalue weighted by Gasteiger charge is -2.12. The first-order valence-corrected chi connectivity index (χ1v) is 5.70. The monoisotopic (exact) mass is 218 g/mol. The van der Waals surface area contributed by atoms with Crippen LogP contribution in [0, 0.1) is 12.3 Å². The number of carbonyl (C=O) groups excluding carboxylic acids is 1. The van der Waals surface area contributed by atoms with Gasteiger partial charge in [0.15, 0.2) is 0 Å².